The maximum atomic E-state index is 12.5. The van der Waals surface area contributed by atoms with Crippen LogP contribution in [-0.4, -0.2) is 33.3 Å². The molecule has 4 rings (SSSR count). The van der Waals surface area contributed by atoms with Gasteiger partial charge in [0.2, 0.25) is 0 Å². The van der Waals surface area contributed by atoms with Gasteiger partial charge in [-0.25, -0.2) is 4.31 Å². The summed E-state index contributed by atoms with van der Waals surface area (Å²) in [6.07, 6.45) is 0. The highest BCUT2D eigenvalue weighted by Crippen LogP contribution is 2.34. The van der Waals surface area contributed by atoms with Crippen molar-refractivity contribution in [2.75, 3.05) is 27.4 Å². The number of carbonyl (C=O) groups is 2. The highest BCUT2D eigenvalue weighted by molar-refractivity contribution is 7.94. The van der Waals surface area contributed by atoms with Crippen LogP contribution in [-0.2, 0) is 10.2 Å². The fourth-order valence-corrected chi connectivity index (χ4v) is 4.98. The van der Waals surface area contributed by atoms with Gasteiger partial charge in [-0.05, 0) is 41.8 Å². The van der Waals surface area contributed by atoms with Gasteiger partial charge in [0.15, 0.2) is 0 Å². The van der Waals surface area contributed by atoms with Crippen LogP contribution in [0.5, 0.6) is 0 Å². The molecule has 0 saturated carbocycles. The SMILES string of the molecule is O=C(NCCN1c2ccccc2NS1(=O)=O)c1cccc(NC(=O)c2cccs2)c1. The molecule has 30 heavy (non-hydrogen) atoms. The molecule has 0 spiro atoms. The van der Waals surface area contributed by atoms with Crippen molar-refractivity contribution in [3.63, 3.8) is 0 Å². The van der Waals surface area contributed by atoms with Gasteiger partial charge in [-0.15, -0.1) is 11.3 Å². The van der Waals surface area contributed by atoms with Crippen LogP contribution >= 0.6 is 11.3 Å². The zero-order valence-electron chi connectivity index (χ0n) is 15.7. The summed E-state index contributed by atoms with van der Waals surface area (Å²) in [5.74, 6) is -0.604. The van der Waals surface area contributed by atoms with Crippen LogP contribution < -0.4 is 19.7 Å². The van der Waals surface area contributed by atoms with Crippen molar-refractivity contribution in [1.82, 2.24) is 5.32 Å². The normalized spacial score (nSPS) is 13.9. The molecule has 3 aromatic rings. The molecular formula is C20H18N4O4S2. The molecule has 0 radical (unpaired) electrons. The van der Waals surface area contributed by atoms with Crippen molar-refractivity contribution in [3.05, 3.63) is 76.5 Å². The number of nitrogens with one attached hydrogen (secondary N) is 3. The molecule has 3 N–H and O–H groups in total. The molecule has 2 amide bonds. The van der Waals surface area contributed by atoms with Crippen molar-refractivity contribution in [3.8, 4) is 0 Å². The van der Waals surface area contributed by atoms with E-state index in [4.69, 9.17) is 0 Å². The van der Waals surface area contributed by atoms with Crippen LogP contribution in [0.25, 0.3) is 0 Å². The predicted molar refractivity (Wildman–Crippen MR) is 117 cm³/mol. The third kappa shape index (κ3) is 4.14. The maximum absolute atomic E-state index is 12.5. The second kappa shape index (κ2) is 8.17. The minimum absolute atomic E-state index is 0.0902. The van der Waals surface area contributed by atoms with Gasteiger partial charge in [-0.1, -0.05) is 24.3 Å². The summed E-state index contributed by atoms with van der Waals surface area (Å²) >= 11 is 1.33. The van der Waals surface area contributed by atoms with Gasteiger partial charge in [-0.3, -0.25) is 14.3 Å². The quantitative estimate of drug-likeness (QED) is 0.546. The minimum atomic E-state index is -3.67. The zero-order valence-corrected chi connectivity index (χ0v) is 17.3. The highest BCUT2D eigenvalue weighted by atomic mass is 32.2. The van der Waals surface area contributed by atoms with E-state index in [1.165, 1.54) is 15.6 Å². The Labute approximate surface area is 177 Å². The number of rotatable bonds is 6. The topological polar surface area (TPSA) is 108 Å². The summed E-state index contributed by atoms with van der Waals surface area (Å²) in [7, 11) is -3.67. The summed E-state index contributed by atoms with van der Waals surface area (Å²) in [5, 5.41) is 7.29. The largest absolute Gasteiger partial charge is 0.350 e. The number of carbonyl (C=O) groups excluding carboxylic acids is 2. The van der Waals surface area contributed by atoms with Crippen LogP contribution in [0.1, 0.15) is 20.0 Å². The van der Waals surface area contributed by atoms with E-state index in [1.54, 1.807) is 60.7 Å². The molecule has 1 aliphatic heterocycles. The average molecular weight is 443 g/mol. The second-order valence-electron chi connectivity index (χ2n) is 6.46. The van der Waals surface area contributed by atoms with Gasteiger partial charge in [0, 0.05) is 17.8 Å². The molecule has 154 valence electrons. The Hall–Kier alpha value is -3.37. The Kier molecular flexibility index (Phi) is 5.42. The fourth-order valence-electron chi connectivity index (χ4n) is 3.05. The Morgan fingerprint density at radius 1 is 1.00 bits per heavy atom. The molecule has 2 heterocycles. The number of para-hydroxylation sites is 2. The lowest BCUT2D eigenvalue weighted by Gasteiger charge is -2.17. The lowest BCUT2D eigenvalue weighted by Crippen LogP contribution is -2.37. The number of thiophene rings is 1. The molecule has 0 fully saturated rings. The van der Waals surface area contributed by atoms with Crippen LogP contribution in [0, 0.1) is 0 Å². The maximum Gasteiger partial charge on any atom is 0.324 e. The summed E-state index contributed by atoms with van der Waals surface area (Å²) in [6.45, 7) is 0.215. The fraction of sp³-hybridized carbons (Fsp3) is 0.100. The van der Waals surface area contributed by atoms with Gasteiger partial charge in [0.1, 0.15) is 0 Å². The summed E-state index contributed by atoms with van der Waals surface area (Å²) in [6, 6.07) is 17.0. The molecule has 2 aromatic carbocycles. The number of fused-ring (bicyclic) bond motifs is 1. The van der Waals surface area contributed by atoms with E-state index in [-0.39, 0.29) is 24.9 Å². The zero-order chi connectivity index (χ0) is 21.1. The van der Waals surface area contributed by atoms with Gasteiger partial charge in [0.25, 0.3) is 11.8 Å². The molecule has 10 heteroatoms. The van der Waals surface area contributed by atoms with Gasteiger partial charge in [-0.2, -0.15) is 8.42 Å². The molecule has 0 atom stereocenters. The summed E-state index contributed by atoms with van der Waals surface area (Å²) < 4.78 is 28.2. The number of hydrogen-bond donors (Lipinski definition) is 3. The van der Waals surface area contributed by atoms with Crippen molar-refractivity contribution in [2.45, 2.75) is 0 Å². The van der Waals surface area contributed by atoms with E-state index in [0.717, 1.165) is 0 Å². The first kappa shape index (κ1) is 19.9. The first-order valence-corrected chi connectivity index (χ1v) is 11.4. The van der Waals surface area contributed by atoms with Crippen LogP contribution in [0.2, 0.25) is 0 Å². The van der Waals surface area contributed by atoms with E-state index >= 15 is 0 Å². The molecule has 1 aliphatic rings. The smallest absolute Gasteiger partial charge is 0.324 e. The number of benzene rings is 2. The third-order valence-corrected chi connectivity index (χ3v) is 6.74. The van der Waals surface area contributed by atoms with Crippen LogP contribution in [0.3, 0.4) is 0 Å². The highest BCUT2D eigenvalue weighted by Gasteiger charge is 2.31. The van der Waals surface area contributed by atoms with E-state index in [2.05, 4.69) is 15.4 Å². The molecule has 1 aromatic heterocycles. The third-order valence-electron chi connectivity index (χ3n) is 4.43. The van der Waals surface area contributed by atoms with Crippen molar-refractivity contribution in [1.29, 1.82) is 0 Å². The number of nitrogens with zero attached hydrogens (tertiary/aromatic N) is 1. The molecule has 0 unspecified atom stereocenters. The molecular weight excluding hydrogens is 424 g/mol. The molecule has 8 nitrogen and oxygen atoms in total. The van der Waals surface area contributed by atoms with E-state index in [0.29, 0.717) is 27.5 Å². The minimum Gasteiger partial charge on any atom is -0.350 e. The van der Waals surface area contributed by atoms with Crippen molar-refractivity contribution >= 4 is 50.4 Å². The van der Waals surface area contributed by atoms with Gasteiger partial charge >= 0.3 is 10.2 Å². The lowest BCUT2D eigenvalue weighted by molar-refractivity contribution is 0.0953. The van der Waals surface area contributed by atoms with Crippen molar-refractivity contribution < 1.29 is 18.0 Å². The monoisotopic (exact) mass is 442 g/mol. The standard InChI is InChI=1S/C20H18N4O4S2/c25-19(14-5-3-6-15(13-14)22-20(26)18-9-4-12-29-18)21-10-11-24-17-8-2-1-7-16(17)23-30(24,27)28/h1-9,12-13,23H,10-11H2,(H,21,25)(H,22,26). The van der Waals surface area contributed by atoms with E-state index < -0.39 is 10.2 Å². The van der Waals surface area contributed by atoms with Crippen LogP contribution in [0.4, 0.5) is 17.1 Å². The van der Waals surface area contributed by atoms with Gasteiger partial charge < -0.3 is 10.6 Å². The van der Waals surface area contributed by atoms with Crippen LogP contribution in [0.15, 0.2) is 66.0 Å². The lowest BCUT2D eigenvalue weighted by atomic mass is 10.2. The number of amides is 2. The van der Waals surface area contributed by atoms with Crippen molar-refractivity contribution in [2.24, 2.45) is 0 Å². The predicted octanol–water partition coefficient (Wildman–Crippen LogP) is 2.91. The Morgan fingerprint density at radius 3 is 2.63 bits per heavy atom. The molecule has 0 bridgehead atoms. The average Bonchev–Trinajstić information content (AvgIpc) is 3.34. The molecule has 0 saturated heterocycles. The molecule has 0 aliphatic carbocycles. The Bertz CT molecular complexity index is 1190. The first-order chi connectivity index (χ1) is 14.4. The van der Waals surface area contributed by atoms with E-state index in [1.807, 2.05) is 5.38 Å². The number of hydrogen-bond acceptors (Lipinski definition) is 5. The number of anilines is 3. The second-order valence-corrected chi connectivity index (χ2v) is 9.01. The summed E-state index contributed by atoms with van der Waals surface area (Å²) in [5.41, 5.74) is 1.92. The summed E-state index contributed by atoms with van der Waals surface area (Å²) in [4.78, 5) is 25.2. The first-order valence-electron chi connectivity index (χ1n) is 9.07. The Morgan fingerprint density at radius 2 is 1.83 bits per heavy atom. The Balaban J connectivity index is 1.37. The van der Waals surface area contributed by atoms with E-state index in [9.17, 15) is 18.0 Å². The van der Waals surface area contributed by atoms with Gasteiger partial charge in [0.05, 0.1) is 22.8 Å².